The van der Waals surface area contributed by atoms with Gasteiger partial charge in [0.05, 0.1) is 17.8 Å². The van der Waals surface area contributed by atoms with E-state index in [0.29, 0.717) is 18.8 Å². The van der Waals surface area contributed by atoms with Crippen LogP contribution >= 0.6 is 0 Å². The zero-order chi connectivity index (χ0) is 13.7. The van der Waals surface area contributed by atoms with Crippen molar-refractivity contribution in [1.82, 2.24) is 4.98 Å². The standard InChI is InChI=1S/C13H16N4O2/c14-10-3-4-11(13-9(10)2-1-5-17-13)16-6-7-19-8-12(15)18/h1-5,16H,6-8,14H2,(H2,15,18). The Labute approximate surface area is 110 Å². The number of hydrogen-bond acceptors (Lipinski definition) is 5. The Kier molecular flexibility index (Phi) is 4.15. The van der Waals surface area contributed by atoms with Gasteiger partial charge in [-0.1, -0.05) is 0 Å². The smallest absolute Gasteiger partial charge is 0.243 e. The number of aromatic nitrogens is 1. The van der Waals surface area contributed by atoms with Crippen LogP contribution in [0.15, 0.2) is 30.5 Å². The summed E-state index contributed by atoms with van der Waals surface area (Å²) in [6.45, 7) is 0.882. The molecule has 1 heterocycles. The van der Waals surface area contributed by atoms with Crippen LogP contribution < -0.4 is 16.8 Å². The minimum Gasteiger partial charge on any atom is -0.398 e. The third-order valence-corrected chi connectivity index (χ3v) is 2.61. The number of pyridine rings is 1. The summed E-state index contributed by atoms with van der Waals surface area (Å²) < 4.78 is 5.07. The molecule has 0 aliphatic heterocycles. The van der Waals surface area contributed by atoms with Crippen LogP contribution in [0.25, 0.3) is 10.9 Å². The van der Waals surface area contributed by atoms with Gasteiger partial charge in [0, 0.05) is 23.8 Å². The van der Waals surface area contributed by atoms with Crippen LogP contribution in [-0.2, 0) is 9.53 Å². The number of carbonyl (C=O) groups excluding carboxylic acids is 1. The minimum absolute atomic E-state index is 0.0670. The van der Waals surface area contributed by atoms with Crippen LogP contribution in [0.1, 0.15) is 0 Å². The van der Waals surface area contributed by atoms with Gasteiger partial charge in [-0.25, -0.2) is 0 Å². The summed E-state index contributed by atoms with van der Waals surface area (Å²) in [4.78, 5) is 14.8. The van der Waals surface area contributed by atoms with Crippen LogP contribution in [0.3, 0.4) is 0 Å². The van der Waals surface area contributed by atoms with E-state index in [1.165, 1.54) is 0 Å². The zero-order valence-electron chi connectivity index (χ0n) is 10.4. The molecule has 0 atom stereocenters. The van der Waals surface area contributed by atoms with Crippen molar-refractivity contribution in [1.29, 1.82) is 0 Å². The van der Waals surface area contributed by atoms with E-state index in [2.05, 4.69) is 10.3 Å². The maximum absolute atomic E-state index is 10.5. The molecule has 19 heavy (non-hydrogen) atoms. The molecule has 1 aromatic carbocycles. The number of benzene rings is 1. The molecule has 0 saturated carbocycles. The van der Waals surface area contributed by atoms with Gasteiger partial charge >= 0.3 is 0 Å². The van der Waals surface area contributed by atoms with Crippen molar-refractivity contribution < 1.29 is 9.53 Å². The van der Waals surface area contributed by atoms with Gasteiger partial charge < -0.3 is 21.5 Å². The summed E-state index contributed by atoms with van der Waals surface area (Å²) in [5.74, 6) is -0.473. The van der Waals surface area contributed by atoms with Crippen molar-refractivity contribution in [3.05, 3.63) is 30.5 Å². The van der Waals surface area contributed by atoms with Gasteiger partial charge in [0.15, 0.2) is 0 Å². The molecule has 0 radical (unpaired) electrons. The number of nitrogens with one attached hydrogen (secondary N) is 1. The quantitative estimate of drug-likeness (QED) is 0.525. The number of primary amides is 1. The van der Waals surface area contributed by atoms with Gasteiger partial charge in [-0.05, 0) is 24.3 Å². The number of nitrogen functional groups attached to an aromatic ring is 1. The van der Waals surface area contributed by atoms with E-state index in [4.69, 9.17) is 16.2 Å². The lowest BCUT2D eigenvalue weighted by Gasteiger charge is -2.10. The number of carbonyl (C=O) groups is 1. The molecule has 6 heteroatoms. The van der Waals surface area contributed by atoms with E-state index >= 15 is 0 Å². The zero-order valence-corrected chi connectivity index (χ0v) is 10.4. The third kappa shape index (κ3) is 3.32. The van der Waals surface area contributed by atoms with Crippen LogP contribution in [-0.4, -0.2) is 30.6 Å². The number of hydrogen-bond donors (Lipinski definition) is 3. The number of nitrogens with two attached hydrogens (primary N) is 2. The first-order valence-corrected chi connectivity index (χ1v) is 5.91. The molecular weight excluding hydrogens is 244 g/mol. The first-order chi connectivity index (χ1) is 9.18. The van der Waals surface area contributed by atoms with Gasteiger partial charge in [0.2, 0.25) is 5.91 Å². The number of fused-ring (bicyclic) bond motifs is 1. The Hall–Kier alpha value is -2.34. The number of rotatable bonds is 6. The number of anilines is 2. The summed E-state index contributed by atoms with van der Waals surface area (Å²) in [5.41, 5.74) is 13.3. The van der Waals surface area contributed by atoms with Crippen molar-refractivity contribution in [3.63, 3.8) is 0 Å². The number of amides is 1. The van der Waals surface area contributed by atoms with Crippen LogP contribution in [0.4, 0.5) is 11.4 Å². The van der Waals surface area contributed by atoms with Gasteiger partial charge in [-0.2, -0.15) is 0 Å². The second-order valence-corrected chi connectivity index (χ2v) is 4.05. The molecule has 2 rings (SSSR count). The van der Waals surface area contributed by atoms with Gasteiger partial charge in [0.1, 0.15) is 6.61 Å². The Balaban J connectivity index is 2.01. The van der Waals surface area contributed by atoms with Gasteiger partial charge in [-0.3, -0.25) is 9.78 Å². The van der Waals surface area contributed by atoms with E-state index in [-0.39, 0.29) is 6.61 Å². The molecular formula is C13H16N4O2. The molecule has 0 bridgehead atoms. The van der Waals surface area contributed by atoms with Crippen molar-refractivity contribution in [2.75, 3.05) is 30.8 Å². The summed E-state index contributed by atoms with van der Waals surface area (Å²) in [6, 6.07) is 7.47. The minimum atomic E-state index is -0.473. The molecule has 0 fully saturated rings. The summed E-state index contributed by atoms with van der Waals surface area (Å²) in [7, 11) is 0. The average Bonchev–Trinajstić information content (AvgIpc) is 2.41. The molecule has 6 nitrogen and oxygen atoms in total. The highest BCUT2D eigenvalue weighted by Crippen LogP contribution is 2.25. The first-order valence-electron chi connectivity index (χ1n) is 5.91. The summed E-state index contributed by atoms with van der Waals surface area (Å²) >= 11 is 0. The van der Waals surface area contributed by atoms with Crippen molar-refractivity contribution >= 4 is 28.2 Å². The van der Waals surface area contributed by atoms with Crippen LogP contribution in [0.2, 0.25) is 0 Å². The Bertz CT molecular complexity index is 586. The molecule has 0 saturated heterocycles. The molecule has 5 N–H and O–H groups in total. The van der Waals surface area contributed by atoms with E-state index in [1.54, 1.807) is 6.20 Å². The maximum atomic E-state index is 10.5. The Morgan fingerprint density at radius 2 is 2.21 bits per heavy atom. The molecule has 1 amide bonds. The van der Waals surface area contributed by atoms with Crippen LogP contribution in [0.5, 0.6) is 0 Å². The molecule has 100 valence electrons. The number of ether oxygens (including phenoxy) is 1. The lowest BCUT2D eigenvalue weighted by molar-refractivity contribution is -0.122. The molecule has 0 aliphatic carbocycles. The predicted molar refractivity (Wildman–Crippen MR) is 74.7 cm³/mol. The van der Waals surface area contributed by atoms with E-state index in [1.807, 2.05) is 24.3 Å². The second kappa shape index (κ2) is 6.01. The summed E-state index contributed by atoms with van der Waals surface area (Å²) in [6.07, 6.45) is 1.72. The topological polar surface area (TPSA) is 103 Å². The Morgan fingerprint density at radius 3 is 3.00 bits per heavy atom. The fraction of sp³-hybridized carbons (Fsp3) is 0.231. The fourth-order valence-electron chi connectivity index (χ4n) is 1.77. The predicted octanol–water partition coefficient (Wildman–Crippen LogP) is 0.731. The van der Waals surface area contributed by atoms with E-state index < -0.39 is 5.91 Å². The molecule has 0 aliphatic rings. The molecule has 2 aromatic rings. The average molecular weight is 260 g/mol. The largest absolute Gasteiger partial charge is 0.398 e. The fourth-order valence-corrected chi connectivity index (χ4v) is 1.77. The van der Waals surface area contributed by atoms with Crippen molar-refractivity contribution in [3.8, 4) is 0 Å². The van der Waals surface area contributed by atoms with Gasteiger partial charge in [0.25, 0.3) is 0 Å². The van der Waals surface area contributed by atoms with Crippen molar-refractivity contribution in [2.45, 2.75) is 0 Å². The first kappa shape index (κ1) is 13.1. The summed E-state index contributed by atoms with van der Waals surface area (Å²) in [5, 5.41) is 4.10. The van der Waals surface area contributed by atoms with E-state index in [9.17, 15) is 4.79 Å². The lowest BCUT2D eigenvalue weighted by Crippen LogP contribution is -2.20. The van der Waals surface area contributed by atoms with E-state index in [0.717, 1.165) is 16.6 Å². The third-order valence-electron chi connectivity index (χ3n) is 2.61. The highest BCUT2D eigenvalue weighted by molar-refractivity contribution is 5.98. The second-order valence-electron chi connectivity index (χ2n) is 4.05. The molecule has 0 spiro atoms. The van der Waals surface area contributed by atoms with Crippen LogP contribution in [0, 0.1) is 0 Å². The normalized spacial score (nSPS) is 10.5. The highest BCUT2D eigenvalue weighted by atomic mass is 16.5. The monoisotopic (exact) mass is 260 g/mol. The lowest BCUT2D eigenvalue weighted by atomic mass is 10.1. The number of nitrogens with zero attached hydrogens (tertiary/aromatic N) is 1. The van der Waals surface area contributed by atoms with Crippen molar-refractivity contribution in [2.24, 2.45) is 5.73 Å². The Morgan fingerprint density at radius 1 is 1.37 bits per heavy atom. The highest BCUT2D eigenvalue weighted by Gasteiger charge is 2.04. The molecule has 1 aromatic heterocycles. The maximum Gasteiger partial charge on any atom is 0.243 e. The SMILES string of the molecule is NC(=O)COCCNc1ccc(N)c2cccnc12. The molecule has 0 unspecified atom stereocenters. The van der Waals surface area contributed by atoms with Gasteiger partial charge in [-0.15, -0.1) is 0 Å².